The Hall–Kier alpha value is -1.39. The van der Waals surface area contributed by atoms with Crippen molar-refractivity contribution in [2.75, 3.05) is 7.11 Å². The van der Waals surface area contributed by atoms with E-state index < -0.39 is 5.41 Å². The number of nitrogens with two attached hydrogens (primary N) is 1. The summed E-state index contributed by atoms with van der Waals surface area (Å²) in [5.41, 5.74) is 3.13. The van der Waals surface area contributed by atoms with E-state index in [1.54, 1.807) is 7.11 Å². The van der Waals surface area contributed by atoms with Gasteiger partial charge in [0, 0.05) is 12.0 Å². The zero-order valence-corrected chi connectivity index (χ0v) is 10.4. The first-order valence-electron chi connectivity index (χ1n) is 5.73. The molecule has 1 aliphatic carbocycles. The maximum absolute atomic E-state index is 12.0. The Morgan fingerprint density at radius 3 is 2.65 bits per heavy atom. The number of quaternary nitrogens is 1. The number of hydrogen-bond acceptors (Lipinski definition) is 3. The van der Waals surface area contributed by atoms with E-state index in [2.05, 4.69) is 0 Å². The molecule has 0 aliphatic heterocycles. The SMILES string of the molecule is COc1ccc2c(c1[NH2+]O)C(C)(C)C(=O)CC2. The number of fused-ring (bicyclic) bond motifs is 1. The molecule has 0 radical (unpaired) electrons. The number of carbonyl (C=O) groups is 1. The van der Waals surface area contributed by atoms with Crippen LogP contribution < -0.4 is 10.2 Å². The molecule has 0 saturated heterocycles. The second-order valence-corrected chi connectivity index (χ2v) is 4.89. The van der Waals surface area contributed by atoms with Gasteiger partial charge in [-0.25, -0.2) is 5.21 Å². The van der Waals surface area contributed by atoms with Gasteiger partial charge in [-0.3, -0.25) is 4.79 Å². The van der Waals surface area contributed by atoms with Gasteiger partial charge in [0.15, 0.2) is 5.75 Å². The highest BCUT2D eigenvalue weighted by atomic mass is 16.5. The third kappa shape index (κ3) is 1.73. The maximum atomic E-state index is 12.0. The summed E-state index contributed by atoms with van der Waals surface area (Å²) in [6, 6.07) is 3.82. The van der Waals surface area contributed by atoms with Gasteiger partial charge in [-0.2, -0.15) is 5.48 Å². The third-order valence-electron chi connectivity index (χ3n) is 3.58. The molecule has 17 heavy (non-hydrogen) atoms. The van der Waals surface area contributed by atoms with Crippen LogP contribution in [-0.2, 0) is 16.6 Å². The molecule has 0 aromatic heterocycles. The molecule has 0 amide bonds. The second-order valence-electron chi connectivity index (χ2n) is 4.89. The van der Waals surface area contributed by atoms with Crippen molar-refractivity contribution in [2.45, 2.75) is 32.1 Å². The minimum Gasteiger partial charge on any atom is -0.491 e. The molecule has 92 valence electrons. The Morgan fingerprint density at radius 1 is 1.35 bits per heavy atom. The van der Waals surface area contributed by atoms with Gasteiger partial charge in [0.1, 0.15) is 5.78 Å². The molecular formula is C13H18NO3+. The number of rotatable bonds is 2. The molecule has 0 saturated carbocycles. The van der Waals surface area contributed by atoms with Crippen molar-refractivity contribution in [2.24, 2.45) is 0 Å². The van der Waals surface area contributed by atoms with Gasteiger partial charge in [-0.1, -0.05) is 6.07 Å². The van der Waals surface area contributed by atoms with Gasteiger partial charge in [0.25, 0.3) is 0 Å². The lowest BCUT2D eigenvalue weighted by molar-refractivity contribution is -0.826. The lowest BCUT2D eigenvalue weighted by Crippen LogP contribution is -2.75. The quantitative estimate of drug-likeness (QED) is 0.596. The summed E-state index contributed by atoms with van der Waals surface area (Å²) in [6.07, 6.45) is 1.31. The van der Waals surface area contributed by atoms with E-state index in [1.165, 1.54) is 0 Å². The van der Waals surface area contributed by atoms with E-state index in [-0.39, 0.29) is 5.78 Å². The lowest BCUT2D eigenvalue weighted by atomic mass is 9.71. The maximum Gasteiger partial charge on any atom is 0.208 e. The van der Waals surface area contributed by atoms with Crippen molar-refractivity contribution in [3.63, 3.8) is 0 Å². The molecule has 1 aromatic rings. The minimum atomic E-state index is -0.559. The zero-order chi connectivity index (χ0) is 12.6. The lowest BCUT2D eigenvalue weighted by Gasteiger charge is -2.31. The molecular weight excluding hydrogens is 218 g/mol. The molecule has 0 atom stereocenters. The summed E-state index contributed by atoms with van der Waals surface area (Å²) in [5.74, 6) is 0.815. The number of ether oxygens (including phenoxy) is 1. The summed E-state index contributed by atoms with van der Waals surface area (Å²) in [5, 5.41) is 9.41. The molecule has 2 rings (SSSR count). The fourth-order valence-electron chi connectivity index (χ4n) is 2.60. The van der Waals surface area contributed by atoms with Crippen LogP contribution in [0.5, 0.6) is 5.75 Å². The molecule has 0 heterocycles. The number of ketones is 1. The molecule has 0 fully saturated rings. The van der Waals surface area contributed by atoms with Gasteiger partial charge < -0.3 is 4.74 Å². The molecule has 1 aliphatic rings. The molecule has 1 aromatic carbocycles. The summed E-state index contributed by atoms with van der Waals surface area (Å²) in [6.45, 7) is 3.81. The fraction of sp³-hybridized carbons (Fsp3) is 0.462. The largest absolute Gasteiger partial charge is 0.491 e. The van der Waals surface area contributed by atoms with Crippen molar-refractivity contribution < 1.29 is 20.2 Å². The fourth-order valence-corrected chi connectivity index (χ4v) is 2.60. The minimum absolute atomic E-state index is 0.210. The smallest absolute Gasteiger partial charge is 0.208 e. The number of carbonyl (C=O) groups excluding carboxylic acids is 1. The Morgan fingerprint density at radius 2 is 2.06 bits per heavy atom. The van der Waals surface area contributed by atoms with E-state index in [0.717, 1.165) is 23.0 Å². The van der Waals surface area contributed by atoms with Crippen LogP contribution in [0.4, 0.5) is 5.69 Å². The monoisotopic (exact) mass is 236 g/mol. The average molecular weight is 236 g/mol. The number of aryl methyl sites for hydroxylation is 1. The Labute approximate surface area is 101 Å². The van der Waals surface area contributed by atoms with E-state index >= 15 is 0 Å². The van der Waals surface area contributed by atoms with Crippen LogP contribution in [0.3, 0.4) is 0 Å². The normalized spacial score (nSPS) is 17.8. The van der Waals surface area contributed by atoms with Gasteiger partial charge in [0.2, 0.25) is 5.69 Å². The van der Waals surface area contributed by atoms with Crippen molar-refractivity contribution in [3.8, 4) is 5.75 Å². The summed E-state index contributed by atoms with van der Waals surface area (Å²) < 4.78 is 5.23. The average Bonchev–Trinajstić information content (AvgIpc) is 2.32. The summed E-state index contributed by atoms with van der Waals surface area (Å²) in [4.78, 5) is 12.0. The second kappa shape index (κ2) is 4.13. The van der Waals surface area contributed by atoms with Crippen molar-refractivity contribution in [1.82, 2.24) is 0 Å². The molecule has 3 N–H and O–H groups in total. The predicted molar refractivity (Wildman–Crippen MR) is 62.7 cm³/mol. The van der Waals surface area contributed by atoms with E-state index in [9.17, 15) is 10.0 Å². The Kier molecular flexibility index (Phi) is 2.93. The van der Waals surface area contributed by atoms with Crippen LogP contribution in [0, 0.1) is 0 Å². The molecule has 0 bridgehead atoms. The molecule has 4 heteroatoms. The van der Waals surface area contributed by atoms with Crippen molar-refractivity contribution in [1.29, 1.82) is 0 Å². The van der Waals surface area contributed by atoms with Gasteiger partial charge in [-0.15, -0.1) is 0 Å². The van der Waals surface area contributed by atoms with Crippen LogP contribution in [0.15, 0.2) is 12.1 Å². The summed E-state index contributed by atoms with van der Waals surface area (Å²) >= 11 is 0. The third-order valence-corrected chi connectivity index (χ3v) is 3.58. The van der Waals surface area contributed by atoms with Crippen LogP contribution in [0.2, 0.25) is 0 Å². The van der Waals surface area contributed by atoms with Crippen LogP contribution >= 0.6 is 0 Å². The topological polar surface area (TPSA) is 63.1 Å². The number of hydrogen-bond donors (Lipinski definition) is 2. The highest BCUT2D eigenvalue weighted by Gasteiger charge is 2.39. The Bertz CT molecular complexity index is 466. The highest BCUT2D eigenvalue weighted by Crippen LogP contribution is 2.41. The van der Waals surface area contributed by atoms with E-state index in [4.69, 9.17) is 4.74 Å². The van der Waals surface area contributed by atoms with Gasteiger partial charge in [-0.05, 0) is 31.9 Å². The first-order valence-corrected chi connectivity index (χ1v) is 5.73. The number of methoxy groups -OCH3 is 1. The number of benzene rings is 1. The zero-order valence-electron chi connectivity index (χ0n) is 10.4. The first-order chi connectivity index (χ1) is 8.02. The van der Waals surface area contributed by atoms with E-state index in [0.29, 0.717) is 17.9 Å². The van der Waals surface area contributed by atoms with Crippen LogP contribution in [-0.4, -0.2) is 18.1 Å². The van der Waals surface area contributed by atoms with Crippen molar-refractivity contribution in [3.05, 3.63) is 23.3 Å². The van der Waals surface area contributed by atoms with Gasteiger partial charge in [0.05, 0.1) is 12.5 Å². The van der Waals surface area contributed by atoms with Crippen LogP contribution in [0.25, 0.3) is 0 Å². The van der Waals surface area contributed by atoms with Gasteiger partial charge >= 0.3 is 0 Å². The van der Waals surface area contributed by atoms with E-state index in [1.807, 2.05) is 26.0 Å². The van der Waals surface area contributed by atoms with Crippen molar-refractivity contribution >= 4 is 11.5 Å². The first kappa shape index (κ1) is 12.1. The number of Topliss-reactive ketones (excluding diaryl/α,β-unsaturated/α-hetero) is 1. The molecule has 4 nitrogen and oxygen atoms in total. The highest BCUT2D eigenvalue weighted by molar-refractivity contribution is 5.93. The molecule has 0 spiro atoms. The standard InChI is InChI=1S/C13H17NO3/c1-13(2)10(15)7-5-8-4-6-9(17-3)12(14-16)11(8)13/h4,6,14,16H,5,7H2,1-3H3/p+1. The molecule has 0 unspecified atom stereocenters. The van der Waals surface area contributed by atoms with Crippen LogP contribution in [0.1, 0.15) is 31.4 Å². The Balaban J connectivity index is 2.70. The predicted octanol–water partition coefficient (Wildman–Crippen LogP) is 1.07. The summed E-state index contributed by atoms with van der Waals surface area (Å²) in [7, 11) is 1.56.